The molecule has 1 aromatic rings. The number of hydrogen-bond donors (Lipinski definition) is 2. The third kappa shape index (κ3) is 1.51. The summed E-state index contributed by atoms with van der Waals surface area (Å²) < 4.78 is 33.4. The predicted octanol–water partition coefficient (Wildman–Crippen LogP) is 1.29. The van der Waals surface area contributed by atoms with E-state index in [2.05, 4.69) is 9.47 Å². The fourth-order valence-electron chi connectivity index (χ4n) is 1.23. The van der Waals surface area contributed by atoms with Crippen molar-refractivity contribution in [2.24, 2.45) is 0 Å². The molecule has 0 saturated heterocycles. The van der Waals surface area contributed by atoms with Crippen molar-refractivity contribution in [2.75, 3.05) is 5.73 Å². The highest BCUT2D eigenvalue weighted by atomic mass is 19.3. The van der Waals surface area contributed by atoms with E-state index in [0.717, 1.165) is 12.1 Å². The summed E-state index contributed by atoms with van der Waals surface area (Å²) in [7, 11) is 0. The van der Waals surface area contributed by atoms with Gasteiger partial charge in [0.25, 0.3) is 0 Å². The summed E-state index contributed by atoms with van der Waals surface area (Å²) in [4.78, 5) is 10.7. The van der Waals surface area contributed by atoms with Gasteiger partial charge in [0.15, 0.2) is 11.5 Å². The van der Waals surface area contributed by atoms with E-state index in [-0.39, 0.29) is 11.4 Å². The zero-order valence-corrected chi connectivity index (χ0v) is 7.16. The van der Waals surface area contributed by atoms with Crippen LogP contribution in [0.1, 0.15) is 10.4 Å². The van der Waals surface area contributed by atoms with Crippen LogP contribution < -0.4 is 15.2 Å². The van der Waals surface area contributed by atoms with Gasteiger partial charge in [-0.2, -0.15) is 0 Å². The summed E-state index contributed by atoms with van der Waals surface area (Å²) in [5, 5.41) is 8.71. The Kier molecular flexibility index (Phi) is 1.72. The molecule has 1 aliphatic heterocycles. The van der Waals surface area contributed by atoms with Crippen LogP contribution in [0.15, 0.2) is 12.1 Å². The molecule has 0 atom stereocenters. The maximum atomic E-state index is 12.6. The zero-order valence-electron chi connectivity index (χ0n) is 7.16. The number of anilines is 1. The highest BCUT2D eigenvalue weighted by Crippen LogP contribution is 2.44. The number of nitrogen functional groups attached to an aromatic ring is 1. The van der Waals surface area contributed by atoms with Gasteiger partial charge >= 0.3 is 12.3 Å². The zero-order chi connectivity index (χ0) is 11.2. The van der Waals surface area contributed by atoms with E-state index in [1.807, 2.05) is 0 Å². The summed E-state index contributed by atoms with van der Waals surface area (Å²) in [6.45, 7) is 0. The van der Waals surface area contributed by atoms with Crippen molar-refractivity contribution in [1.29, 1.82) is 0 Å². The van der Waals surface area contributed by atoms with Crippen LogP contribution in [-0.2, 0) is 0 Å². The third-order valence-corrected chi connectivity index (χ3v) is 1.76. The molecule has 0 aromatic heterocycles. The number of ether oxygens (including phenoxy) is 2. The largest absolute Gasteiger partial charge is 0.586 e. The second-order valence-electron chi connectivity index (χ2n) is 2.87. The van der Waals surface area contributed by atoms with Crippen LogP contribution in [0.2, 0.25) is 0 Å². The predicted molar refractivity (Wildman–Crippen MR) is 44.0 cm³/mol. The van der Waals surface area contributed by atoms with Crippen LogP contribution in [-0.4, -0.2) is 17.4 Å². The lowest BCUT2D eigenvalue weighted by Crippen LogP contribution is -2.26. The van der Waals surface area contributed by atoms with Crippen molar-refractivity contribution in [1.82, 2.24) is 0 Å². The Hall–Kier alpha value is -2.05. The van der Waals surface area contributed by atoms with Crippen molar-refractivity contribution in [2.45, 2.75) is 6.29 Å². The third-order valence-electron chi connectivity index (χ3n) is 1.76. The Morgan fingerprint density at radius 3 is 2.67 bits per heavy atom. The van der Waals surface area contributed by atoms with Gasteiger partial charge in [0, 0.05) is 11.8 Å². The van der Waals surface area contributed by atoms with Crippen molar-refractivity contribution in [3.8, 4) is 11.5 Å². The fourth-order valence-corrected chi connectivity index (χ4v) is 1.23. The Morgan fingerprint density at radius 1 is 1.40 bits per heavy atom. The number of hydrogen-bond acceptors (Lipinski definition) is 4. The number of alkyl halides is 2. The molecule has 15 heavy (non-hydrogen) atoms. The van der Waals surface area contributed by atoms with E-state index in [0.29, 0.717) is 0 Å². The van der Waals surface area contributed by atoms with E-state index in [1.165, 1.54) is 0 Å². The van der Waals surface area contributed by atoms with E-state index in [9.17, 15) is 13.6 Å². The standard InChI is InChI=1S/C8H5F2NO4/c9-8(10)14-5-2-3(11)1-4(7(12)13)6(5)15-8/h1-2H,11H2,(H,12,13). The first-order chi connectivity index (χ1) is 6.89. The van der Waals surface area contributed by atoms with Crippen molar-refractivity contribution >= 4 is 11.7 Å². The minimum atomic E-state index is -3.85. The molecule has 0 radical (unpaired) electrons. The lowest BCUT2D eigenvalue weighted by molar-refractivity contribution is -0.286. The van der Waals surface area contributed by atoms with Gasteiger partial charge in [0.2, 0.25) is 0 Å². The molecule has 1 heterocycles. The van der Waals surface area contributed by atoms with E-state index in [4.69, 9.17) is 10.8 Å². The molecule has 0 aliphatic carbocycles. The Labute approximate surface area is 82.0 Å². The molecule has 3 N–H and O–H groups in total. The molecule has 1 aliphatic rings. The molecule has 7 heteroatoms. The Balaban J connectivity index is 2.58. The van der Waals surface area contributed by atoms with Crippen molar-refractivity contribution in [3.05, 3.63) is 17.7 Å². The number of nitrogens with two attached hydrogens (primary N) is 1. The van der Waals surface area contributed by atoms with Crippen LogP contribution in [0.5, 0.6) is 11.5 Å². The molecular weight excluding hydrogens is 212 g/mol. The molecule has 0 fully saturated rings. The van der Waals surface area contributed by atoms with Crippen LogP contribution >= 0.6 is 0 Å². The van der Waals surface area contributed by atoms with Gasteiger partial charge in [-0.1, -0.05) is 0 Å². The normalized spacial score (nSPS) is 16.4. The second kappa shape index (κ2) is 2.72. The number of carboxylic acid groups (broad SMARTS) is 1. The average molecular weight is 217 g/mol. The van der Waals surface area contributed by atoms with Gasteiger partial charge in [-0.05, 0) is 6.07 Å². The van der Waals surface area contributed by atoms with Crippen LogP contribution in [0.25, 0.3) is 0 Å². The molecule has 0 unspecified atom stereocenters. The van der Waals surface area contributed by atoms with Gasteiger partial charge in [-0.25, -0.2) is 4.79 Å². The first kappa shape index (κ1) is 9.50. The summed E-state index contributed by atoms with van der Waals surface area (Å²) in [5.41, 5.74) is 4.86. The number of benzene rings is 1. The molecule has 0 bridgehead atoms. The van der Waals surface area contributed by atoms with Crippen molar-refractivity contribution < 1.29 is 28.2 Å². The number of rotatable bonds is 1. The highest BCUT2D eigenvalue weighted by molar-refractivity contribution is 5.93. The minimum Gasteiger partial charge on any atom is -0.478 e. The summed E-state index contributed by atoms with van der Waals surface area (Å²) in [6, 6.07) is 2.09. The van der Waals surface area contributed by atoms with Gasteiger partial charge in [0.05, 0.1) is 0 Å². The molecular formula is C8H5F2NO4. The van der Waals surface area contributed by atoms with E-state index >= 15 is 0 Å². The van der Waals surface area contributed by atoms with Gasteiger partial charge < -0.3 is 20.3 Å². The first-order valence-electron chi connectivity index (χ1n) is 3.82. The average Bonchev–Trinajstić information content (AvgIpc) is 2.36. The number of fused-ring (bicyclic) bond motifs is 1. The number of aromatic carboxylic acids is 1. The Bertz CT molecular complexity index is 447. The quantitative estimate of drug-likeness (QED) is 0.692. The van der Waals surface area contributed by atoms with Gasteiger partial charge in [-0.3, -0.25) is 0 Å². The summed E-state index contributed by atoms with van der Waals surface area (Å²) >= 11 is 0. The van der Waals surface area contributed by atoms with Crippen LogP contribution in [0, 0.1) is 0 Å². The van der Waals surface area contributed by atoms with Crippen molar-refractivity contribution in [3.63, 3.8) is 0 Å². The molecule has 1 aromatic carbocycles. The molecule has 2 rings (SSSR count). The van der Waals surface area contributed by atoms with Gasteiger partial charge in [0.1, 0.15) is 5.56 Å². The molecule has 80 valence electrons. The number of carbonyl (C=O) groups is 1. The fraction of sp³-hybridized carbons (Fsp3) is 0.125. The summed E-state index contributed by atoms with van der Waals surface area (Å²) in [5.74, 6) is -2.31. The Morgan fingerprint density at radius 2 is 2.07 bits per heavy atom. The lowest BCUT2D eigenvalue weighted by atomic mass is 10.1. The molecule has 5 nitrogen and oxygen atoms in total. The SMILES string of the molecule is Nc1cc2c(c(C(=O)O)c1)OC(F)(F)O2. The number of carboxylic acids is 1. The number of halogens is 2. The lowest BCUT2D eigenvalue weighted by Gasteiger charge is -2.05. The van der Waals surface area contributed by atoms with Crippen LogP contribution in [0.4, 0.5) is 14.5 Å². The molecule has 0 saturated carbocycles. The van der Waals surface area contributed by atoms with Gasteiger partial charge in [-0.15, -0.1) is 8.78 Å². The summed E-state index contributed by atoms with van der Waals surface area (Å²) in [6.07, 6.45) is -3.85. The molecule has 0 amide bonds. The topological polar surface area (TPSA) is 81.8 Å². The first-order valence-corrected chi connectivity index (χ1v) is 3.82. The maximum absolute atomic E-state index is 12.6. The van der Waals surface area contributed by atoms with Crippen LogP contribution in [0.3, 0.4) is 0 Å². The van der Waals surface area contributed by atoms with E-state index in [1.54, 1.807) is 0 Å². The second-order valence-corrected chi connectivity index (χ2v) is 2.87. The highest BCUT2D eigenvalue weighted by Gasteiger charge is 2.45. The maximum Gasteiger partial charge on any atom is 0.586 e. The molecule has 0 spiro atoms. The monoisotopic (exact) mass is 217 g/mol. The smallest absolute Gasteiger partial charge is 0.478 e. The van der Waals surface area contributed by atoms with E-state index < -0.39 is 23.6 Å². The minimum absolute atomic E-state index is 0.00690.